The van der Waals surface area contributed by atoms with Gasteiger partial charge in [-0.15, -0.1) is 0 Å². The van der Waals surface area contributed by atoms with Crippen molar-refractivity contribution >= 4 is 5.69 Å². The fraction of sp³-hybridized carbons (Fsp3) is 0.364. The molecule has 0 aromatic heterocycles. The van der Waals surface area contributed by atoms with Crippen molar-refractivity contribution in [3.05, 3.63) is 29.6 Å². The van der Waals surface area contributed by atoms with Crippen molar-refractivity contribution in [3.8, 4) is 6.07 Å². The number of halogens is 1. The van der Waals surface area contributed by atoms with Crippen molar-refractivity contribution in [1.29, 1.82) is 5.26 Å². The maximum absolute atomic E-state index is 13.1. The van der Waals surface area contributed by atoms with Gasteiger partial charge in [0.2, 0.25) is 0 Å². The number of hydrogen-bond donors (Lipinski definition) is 1. The summed E-state index contributed by atoms with van der Waals surface area (Å²) < 4.78 is 13.1. The van der Waals surface area contributed by atoms with Crippen molar-refractivity contribution in [2.24, 2.45) is 0 Å². The number of rotatable bonds is 1. The molecule has 1 unspecified atom stereocenters. The lowest BCUT2D eigenvalue weighted by molar-refractivity contribution is 0.198. The standard InChI is InChI=1S/C11H11FN2O/c12-9-3-8(6-13)4-10(5-9)14-2-1-11(15)7-14/h3-5,11,15H,1-2,7H2. The van der Waals surface area contributed by atoms with E-state index in [0.29, 0.717) is 30.8 Å². The number of hydrogen-bond acceptors (Lipinski definition) is 3. The fourth-order valence-corrected chi connectivity index (χ4v) is 1.80. The molecule has 1 atom stereocenters. The largest absolute Gasteiger partial charge is 0.391 e. The van der Waals surface area contributed by atoms with E-state index < -0.39 is 5.82 Å². The molecule has 4 heteroatoms. The van der Waals surface area contributed by atoms with Gasteiger partial charge in [-0.25, -0.2) is 4.39 Å². The van der Waals surface area contributed by atoms with Crippen LogP contribution < -0.4 is 4.90 Å². The highest BCUT2D eigenvalue weighted by molar-refractivity contribution is 5.52. The number of nitrogens with zero attached hydrogens (tertiary/aromatic N) is 2. The first-order valence-corrected chi connectivity index (χ1v) is 4.83. The minimum atomic E-state index is -0.412. The molecule has 1 aliphatic rings. The lowest BCUT2D eigenvalue weighted by Crippen LogP contribution is -2.21. The molecule has 0 saturated carbocycles. The highest BCUT2D eigenvalue weighted by Gasteiger charge is 2.20. The summed E-state index contributed by atoms with van der Waals surface area (Å²) in [6.45, 7) is 1.21. The summed E-state index contributed by atoms with van der Waals surface area (Å²) >= 11 is 0. The van der Waals surface area contributed by atoms with Gasteiger partial charge in [0.15, 0.2) is 0 Å². The van der Waals surface area contributed by atoms with Crippen molar-refractivity contribution in [3.63, 3.8) is 0 Å². The second-order valence-corrected chi connectivity index (χ2v) is 3.70. The van der Waals surface area contributed by atoms with Crippen molar-refractivity contribution in [1.82, 2.24) is 0 Å². The molecule has 78 valence electrons. The SMILES string of the molecule is N#Cc1cc(F)cc(N2CCC(O)C2)c1. The first-order valence-electron chi connectivity index (χ1n) is 4.83. The zero-order chi connectivity index (χ0) is 10.8. The Balaban J connectivity index is 2.29. The summed E-state index contributed by atoms with van der Waals surface area (Å²) in [5.41, 5.74) is 0.981. The summed E-state index contributed by atoms with van der Waals surface area (Å²) in [6.07, 6.45) is 0.345. The third-order valence-electron chi connectivity index (χ3n) is 2.54. The van der Waals surface area contributed by atoms with Crippen molar-refractivity contribution in [2.45, 2.75) is 12.5 Å². The van der Waals surface area contributed by atoms with Gasteiger partial charge in [0.25, 0.3) is 0 Å². The minimum absolute atomic E-state index is 0.311. The van der Waals surface area contributed by atoms with Crippen LogP contribution in [0.5, 0.6) is 0 Å². The fourth-order valence-electron chi connectivity index (χ4n) is 1.80. The Morgan fingerprint density at radius 3 is 2.87 bits per heavy atom. The minimum Gasteiger partial charge on any atom is -0.391 e. The first-order chi connectivity index (χ1) is 7.19. The van der Waals surface area contributed by atoms with Crippen LogP contribution in [0, 0.1) is 17.1 Å². The summed E-state index contributed by atoms with van der Waals surface area (Å²) in [5, 5.41) is 18.1. The molecule has 0 radical (unpaired) electrons. The molecule has 15 heavy (non-hydrogen) atoms. The van der Waals surface area contributed by atoms with E-state index in [1.54, 1.807) is 6.07 Å². The number of aliphatic hydroxyl groups excluding tert-OH is 1. The highest BCUT2D eigenvalue weighted by atomic mass is 19.1. The van der Waals surface area contributed by atoms with E-state index in [9.17, 15) is 9.50 Å². The first kappa shape index (κ1) is 9.94. The zero-order valence-corrected chi connectivity index (χ0v) is 8.15. The Kier molecular flexibility index (Phi) is 2.57. The molecule has 1 saturated heterocycles. The molecule has 0 aliphatic carbocycles. The number of aliphatic hydroxyl groups is 1. The Morgan fingerprint density at radius 1 is 1.47 bits per heavy atom. The monoisotopic (exact) mass is 206 g/mol. The van der Waals surface area contributed by atoms with Crippen molar-refractivity contribution in [2.75, 3.05) is 18.0 Å². The molecule has 2 rings (SSSR count). The Bertz CT molecular complexity index is 414. The number of anilines is 1. The molecule has 1 aliphatic heterocycles. The van der Waals surface area contributed by atoms with Gasteiger partial charge in [-0.3, -0.25) is 0 Å². The third-order valence-corrected chi connectivity index (χ3v) is 2.54. The van der Waals surface area contributed by atoms with Crippen LogP contribution in [0.25, 0.3) is 0 Å². The van der Waals surface area contributed by atoms with Gasteiger partial charge in [-0.1, -0.05) is 0 Å². The summed E-state index contributed by atoms with van der Waals surface area (Å²) in [6, 6.07) is 6.15. The number of nitriles is 1. The molecular weight excluding hydrogens is 195 g/mol. The van der Waals surface area contributed by atoms with Gasteiger partial charge in [-0.05, 0) is 24.6 Å². The predicted octanol–water partition coefficient (Wildman–Crippen LogP) is 1.27. The van der Waals surface area contributed by atoms with Crippen LogP contribution in [0.1, 0.15) is 12.0 Å². The normalized spacial score (nSPS) is 20.3. The quantitative estimate of drug-likeness (QED) is 0.752. The Hall–Kier alpha value is -1.60. The molecule has 1 heterocycles. The second-order valence-electron chi connectivity index (χ2n) is 3.70. The van der Waals surface area contributed by atoms with Gasteiger partial charge >= 0.3 is 0 Å². The molecule has 0 bridgehead atoms. The maximum Gasteiger partial charge on any atom is 0.126 e. The molecular formula is C11H11FN2O. The number of β-amino-alcohol motifs (C(OH)–C–C–N with tert-alkyl or cyclic N) is 1. The van der Waals surface area contributed by atoms with E-state index in [0.717, 1.165) is 0 Å². The van der Waals surface area contributed by atoms with Gasteiger partial charge in [0, 0.05) is 18.8 Å². The maximum atomic E-state index is 13.1. The van der Waals surface area contributed by atoms with Gasteiger partial charge in [-0.2, -0.15) is 5.26 Å². The summed E-state index contributed by atoms with van der Waals surface area (Å²) in [5.74, 6) is -0.412. The third kappa shape index (κ3) is 2.08. The Labute approximate surface area is 87.4 Å². The molecule has 0 spiro atoms. The van der Waals surface area contributed by atoms with Gasteiger partial charge in [0.05, 0.1) is 17.7 Å². The lowest BCUT2D eigenvalue weighted by atomic mass is 10.2. The van der Waals surface area contributed by atoms with E-state index in [1.807, 2.05) is 11.0 Å². The smallest absolute Gasteiger partial charge is 0.126 e. The van der Waals surface area contributed by atoms with E-state index >= 15 is 0 Å². The molecule has 0 amide bonds. The van der Waals surface area contributed by atoms with Crippen molar-refractivity contribution < 1.29 is 9.50 Å². The predicted molar refractivity (Wildman–Crippen MR) is 54.0 cm³/mol. The van der Waals surface area contributed by atoms with E-state index in [-0.39, 0.29) is 6.10 Å². The molecule has 1 N–H and O–H groups in total. The number of benzene rings is 1. The topological polar surface area (TPSA) is 47.3 Å². The lowest BCUT2D eigenvalue weighted by Gasteiger charge is -2.17. The van der Waals surface area contributed by atoms with Crippen LogP contribution in [0.4, 0.5) is 10.1 Å². The van der Waals surface area contributed by atoms with Crippen LogP contribution in [0.3, 0.4) is 0 Å². The van der Waals surface area contributed by atoms with Gasteiger partial charge < -0.3 is 10.0 Å². The summed E-state index contributed by atoms with van der Waals surface area (Å²) in [7, 11) is 0. The van der Waals surface area contributed by atoms with Crippen LogP contribution in [0.15, 0.2) is 18.2 Å². The van der Waals surface area contributed by atoms with Gasteiger partial charge in [0.1, 0.15) is 5.82 Å². The zero-order valence-electron chi connectivity index (χ0n) is 8.15. The van der Waals surface area contributed by atoms with E-state index in [2.05, 4.69) is 0 Å². The van der Waals surface area contributed by atoms with E-state index in [1.165, 1.54) is 12.1 Å². The highest BCUT2D eigenvalue weighted by Crippen LogP contribution is 2.22. The average molecular weight is 206 g/mol. The molecule has 1 aromatic rings. The average Bonchev–Trinajstić information content (AvgIpc) is 2.64. The molecule has 1 fully saturated rings. The summed E-state index contributed by atoms with van der Waals surface area (Å²) in [4.78, 5) is 1.88. The molecule has 1 aromatic carbocycles. The van der Waals surface area contributed by atoms with Crippen LogP contribution in [-0.4, -0.2) is 24.3 Å². The Morgan fingerprint density at radius 2 is 2.27 bits per heavy atom. The molecule has 3 nitrogen and oxygen atoms in total. The van der Waals surface area contributed by atoms with Crippen LogP contribution in [0.2, 0.25) is 0 Å². The van der Waals surface area contributed by atoms with Crippen LogP contribution >= 0.6 is 0 Å². The van der Waals surface area contributed by atoms with E-state index in [4.69, 9.17) is 5.26 Å². The second kappa shape index (κ2) is 3.87. The van der Waals surface area contributed by atoms with Crippen LogP contribution in [-0.2, 0) is 0 Å².